The molecule has 0 fully saturated rings. The highest BCUT2D eigenvalue weighted by Crippen LogP contribution is 2.27. The maximum Gasteiger partial charge on any atom is 0.146 e. The van der Waals surface area contributed by atoms with Gasteiger partial charge in [-0.2, -0.15) is 0 Å². The van der Waals surface area contributed by atoms with Crippen molar-refractivity contribution in [1.29, 1.82) is 0 Å². The van der Waals surface area contributed by atoms with Crippen LogP contribution in [-0.2, 0) is 0 Å². The molecule has 19 heavy (non-hydrogen) atoms. The normalized spacial score (nSPS) is 14.4. The topological polar surface area (TPSA) is 26.0 Å². The number of anilines is 1. The molecule has 1 aromatic carbocycles. The molecular formula is C17H22FN. The van der Waals surface area contributed by atoms with Crippen molar-refractivity contribution < 1.29 is 4.39 Å². The highest BCUT2D eigenvalue weighted by Gasteiger charge is 2.10. The Hall–Kier alpha value is -1.83. The quantitative estimate of drug-likeness (QED) is 0.585. The third kappa shape index (κ3) is 4.40. The zero-order valence-corrected chi connectivity index (χ0v) is 11.9. The van der Waals surface area contributed by atoms with Gasteiger partial charge in [0.1, 0.15) is 5.82 Å². The van der Waals surface area contributed by atoms with Crippen molar-refractivity contribution in [2.75, 3.05) is 5.73 Å². The van der Waals surface area contributed by atoms with Gasteiger partial charge in [-0.1, -0.05) is 50.3 Å². The minimum Gasteiger partial charge on any atom is -0.396 e. The van der Waals surface area contributed by atoms with E-state index in [-0.39, 0.29) is 17.4 Å². The van der Waals surface area contributed by atoms with Gasteiger partial charge in [0.05, 0.1) is 5.69 Å². The van der Waals surface area contributed by atoms with Gasteiger partial charge in [0.2, 0.25) is 0 Å². The fourth-order valence-corrected chi connectivity index (χ4v) is 1.88. The Kier molecular flexibility index (Phi) is 6.07. The van der Waals surface area contributed by atoms with Crippen molar-refractivity contribution in [2.45, 2.75) is 33.1 Å². The van der Waals surface area contributed by atoms with Crippen molar-refractivity contribution >= 4 is 5.69 Å². The number of halogens is 1. The second kappa shape index (κ2) is 7.57. The summed E-state index contributed by atoms with van der Waals surface area (Å²) in [5, 5.41) is 0. The van der Waals surface area contributed by atoms with E-state index in [1.54, 1.807) is 12.1 Å². The van der Waals surface area contributed by atoms with Crippen molar-refractivity contribution in [1.82, 2.24) is 0 Å². The molecule has 1 atom stereocenters. The molecule has 0 amide bonds. The maximum atomic E-state index is 13.2. The van der Waals surface area contributed by atoms with Crippen LogP contribution in [0.1, 0.15) is 38.7 Å². The van der Waals surface area contributed by atoms with E-state index in [4.69, 9.17) is 5.73 Å². The van der Waals surface area contributed by atoms with Crippen LogP contribution in [0.4, 0.5) is 10.1 Å². The molecule has 0 heterocycles. The summed E-state index contributed by atoms with van der Waals surface area (Å²) < 4.78 is 13.2. The van der Waals surface area contributed by atoms with Gasteiger partial charge in [-0.05, 0) is 36.6 Å². The van der Waals surface area contributed by atoms with Crippen LogP contribution in [0.25, 0.3) is 0 Å². The van der Waals surface area contributed by atoms with E-state index in [1.165, 1.54) is 11.6 Å². The van der Waals surface area contributed by atoms with Crippen LogP contribution >= 0.6 is 0 Å². The van der Waals surface area contributed by atoms with Crippen molar-refractivity contribution in [3.63, 3.8) is 0 Å². The molecule has 102 valence electrons. The van der Waals surface area contributed by atoms with Gasteiger partial charge in [-0.3, -0.25) is 0 Å². The molecule has 2 N–H and O–H groups in total. The van der Waals surface area contributed by atoms with Crippen LogP contribution in [-0.4, -0.2) is 0 Å². The number of hydrogen-bond donors (Lipinski definition) is 1. The van der Waals surface area contributed by atoms with E-state index in [0.29, 0.717) is 0 Å². The monoisotopic (exact) mass is 259 g/mol. The van der Waals surface area contributed by atoms with Crippen LogP contribution in [0.15, 0.2) is 54.2 Å². The Morgan fingerprint density at radius 2 is 2.16 bits per heavy atom. The molecule has 0 aliphatic carbocycles. The lowest BCUT2D eigenvalue weighted by molar-refractivity contribution is 0.631. The smallest absolute Gasteiger partial charge is 0.146 e. The van der Waals surface area contributed by atoms with Crippen molar-refractivity contribution in [3.05, 3.63) is 65.5 Å². The second-order valence-corrected chi connectivity index (χ2v) is 4.51. The molecule has 1 rings (SSSR count). The Bertz CT molecular complexity index is 498. The van der Waals surface area contributed by atoms with Crippen LogP contribution < -0.4 is 5.73 Å². The molecule has 1 aromatic rings. The highest BCUT2D eigenvalue weighted by atomic mass is 19.1. The first-order valence-corrected chi connectivity index (χ1v) is 6.64. The minimum atomic E-state index is -0.363. The van der Waals surface area contributed by atoms with Gasteiger partial charge in [-0.15, -0.1) is 0 Å². The Labute approximate surface area is 115 Å². The number of rotatable bonds is 5. The van der Waals surface area contributed by atoms with Gasteiger partial charge in [0.25, 0.3) is 0 Å². The molecule has 0 saturated heterocycles. The van der Waals surface area contributed by atoms with Gasteiger partial charge < -0.3 is 5.73 Å². The van der Waals surface area contributed by atoms with E-state index in [1.807, 2.05) is 13.0 Å². The lowest BCUT2D eigenvalue weighted by Crippen LogP contribution is -1.99. The molecule has 0 aliphatic rings. The molecule has 0 bridgehead atoms. The van der Waals surface area contributed by atoms with Crippen LogP contribution in [0.5, 0.6) is 0 Å². The summed E-state index contributed by atoms with van der Waals surface area (Å²) in [7, 11) is 0. The first-order chi connectivity index (χ1) is 9.10. The zero-order chi connectivity index (χ0) is 14.3. The van der Waals surface area contributed by atoms with Crippen LogP contribution in [0.3, 0.4) is 0 Å². The third-order valence-electron chi connectivity index (χ3n) is 3.04. The summed E-state index contributed by atoms with van der Waals surface area (Å²) in [6.07, 6.45) is 11.3. The van der Waals surface area contributed by atoms with E-state index in [9.17, 15) is 4.39 Å². The van der Waals surface area contributed by atoms with Gasteiger partial charge in [0.15, 0.2) is 0 Å². The largest absolute Gasteiger partial charge is 0.396 e. The minimum absolute atomic E-state index is 0.181. The van der Waals surface area contributed by atoms with Crippen molar-refractivity contribution in [3.8, 4) is 0 Å². The van der Waals surface area contributed by atoms with E-state index < -0.39 is 0 Å². The third-order valence-corrected chi connectivity index (χ3v) is 3.04. The average Bonchev–Trinajstić information content (AvgIpc) is 2.40. The molecule has 0 aromatic heterocycles. The number of hydrogen-bond acceptors (Lipinski definition) is 1. The summed E-state index contributed by atoms with van der Waals surface area (Å²) in [5.41, 5.74) is 8.03. The van der Waals surface area contributed by atoms with Gasteiger partial charge in [0, 0.05) is 5.92 Å². The Morgan fingerprint density at radius 3 is 2.74 bits per heavy atom. The number of nitrogen functional groups attached to an aromatic ring is 1. The van der Waals surface area contributed by atoms with Gasteiger partial charge >= 0.3 is 0 Å². The predicted octanol–water partition coefficient (Wildman–Crippen LogP) is 4.98. The second-order valence-electron chi connectivity index (χ2n) is 4.51. The molecule has 0 radical (unpaired) electrons. The highest BCUT2D eigenvalue weighted by molar-refractivity contribution is 5.46. The molecule has 0 spiro atoms. The molecule has 0 aliphatic heterocycles. The zero-order valence-electron chi connectivity index (χ0n) is 11.9. The molecule has 2 heteroatoms. The molecule has 1 nitrogen and oxygen atoms in total. The summed E-state index contributed by atoms with van der Waals surface area (Å²) in [6.45, 7) is 6.19. The molecular weight excluding hydrogens is 237 g/mol. The summed E-state index contributed by atoms with van der Waals surface area (Å²) in [4.78, 5) is 0. The number of nitrogens with two attached hydrogens (primary N) is 1. The van der Waals surface area contributed by atoms with Crippen LogP contribution in [0.2, 0.25) is 0 Å². The van der Waals surface area contributed by atoms with E-state index >= 15 is 0 Å². The Morgan fingerprint density at radius 1 is 1.42 bits per heavy atom. The average molecular weight is 259 g/mol. The lowest BCUT2D eigenvalue weighted by Gasteiger charge is -2.14. The first-order valence-electron chi connectivity index (χ1n) is 6.64. The van der Waals surface area contributed by atoms with Gasteiger partial charge in [-0.25, -0.2) is 4.39 Å². The summed E-state index contributed by atoms with van der Waals surface area (Å²) in [5.74, 6) is -0.181. The predicted molar refractivity (Wildman–Crippen MR) is 81.6 cm³/mol. The number of allylic oxidation sites excluding steroid dienone is 6. The van der Waals surface area contributed by atoms with Crippen molar-refractivity contribution in [2.24, 2.45) is 0 Å². The summed E-state index contributed by atoms with van der Waals surface area (Å²) >= 11 is 0. The van der Waals surface area contributed by atoms with Crippen LogP contribution in [0, 0.1) is 5.82 Å². The van der Waals surface area contributed by atoms with E-state index in [2.05, 4.69) is 38.2 Å². The first kappa shape index (κ1) is 15.2. The molecule has 1 unspecified atom stereocenters. The molecule has 0 saturated carbocycles. The fourth-order valence-electron chi connectivity index (χ4n) is 1.88. The SMILES string of the molecule is CC=CC(=CC=CCC)C(C)c1ccc(F)c(N)c1. The lowest BCUT2D eigenvalue weighted by atomic mass is 9.91. The standard InChI is InChI=1S/C17H22FN/c1-4-6-7-9-14(8-5-2)13(3)15-10-11-16(18)17(19)12-15/h5-13H,4,19H2,1-3H3. The maximum absolute atomic E-state index is 13.2. The summed E-state index contributed by atoms with van der Waals surface area (Å²) in [6, 6.07) is 4.93. The Balaban J connectivity index is 3.05. The number of benzene rings is 1. The van der Waals surface area contributed by atoms with E-state index in [0.717, 1.165) is 12.0 Å². The fraction of sp³-hybridized carbons (Fsp3) is 0.294.